The number of rotatable bonds is 24. The van der Waals surface area contributed by atoms with Crippen molar-refractivity contribution in [3.8, 4) is 74.7 Å². The fourth-order valence-corrected chi connectivity index (χ4v) is 17.4. The Morgan fingerprint density at radius 1 is 0.364 bits per heavy atom. The Morgan fingerprint density at radius 2 is 0.661 bits per heavy atom. The fraction of sp³-hybridized carbons (Fsp3) is 0.256. The van der Waals surface area contributed by atoms with Crippen LogP contribution in [-0.2, 0) is 41.2 Å². The second-order valence-corrected chi connectivity index (χ2v) is 32.1. The normalized spacial score (nSPS) is 14.6. The van der Waals surface area contributed by atoms with Crippen molar-refractivity contribution >= 4 is 93.1 Å². The SMILES string of the molecule is CC(C)(C)OC(=O)NCCCCCCOc1ccc(C(CCCNC(=S)Nc2ccc3c(c2)C(=O)OC32c3ccc(O)cc3Oc3cc(O)ccc32)(CCCNC(=S)Nc2ccc3c(c2)C(=O)OC32c3ccc(O)cc3Oc3cc(O)ccc32)CCCNC(=S)Nc2ccc3c(c2)C(=O)OC32c3ccc(O)cc3Oc3cc(O)ccc32)cc1. The van der Waals surface area contributed by atoms with Gasteiger partial charge >= 0.3 is 24.0 Å². The third-order valence-corrected chi connectivity index (χ3v) is 22.7. The molecule has 25 nitrogen and oxygen atoms in total. The molecule has 118 heavy (non-hydrogen) atoms. The molecule has 0 saturated heterocycles. The molecule has 3 spiro atoms. The van der Waals surface area contributed by atoms with Crippen molar-refractivity contribution in [2.75, 3.05) is 48.7 Å². The van der Waals surface area contributed by atoms with Crippen molar-refractivity contribution in [3.63, 3.8) is 0 Å². The van der Waals surface area contributed by atoms with Gasteiger partial charge in [-0.25, -0.2) is 19.2 Å². The molecular weight excluding hydrogens is 1560 g/mol. The van der Waals surface area contributed by atoms with Crippen molar-refractivity contribution in [3.05, 3.63) is 260 Å². The van der Waals surface area contributed by atoms with E-state index in [1.54, 1.807) is 91.0 Å². The van der Waals surface area contributed by atoms with E-state index < -0.39 is 51.8 Å². The van der Waals surface area contributed by atoms with E-state index in [0.717, 1.165) is 31.2 Å². The van der Waals surface area contributed by atoms with Crippen LogP contribution in [0.3, 0.4) is 0 Å². The molecular formula is C90H83N7O18S3. The predicted octanol–water partition coefficient (Wildman–Crippen LogP) is 16.6. The second kappa shape index (κ2) is 31.9. The molecule has 6 aliphatic heterocycles. The Kier molecular flexibility index (Phi) is 21.3. The highest BCUT2D eigenvalue weighted by Gasteiger charge is 2.57. The van der Waals surface area contributed by atoms with Gasteiger partial charge in [0.2, 0.25) is 0 Å². The van der Waals surface area contributed by atoms with E-state index >= 15 is 0 Å². The third kappa shape index (κ3) is 15.2. The number of benzene rings is 10. The summed E-state index contributed by atoms with van der Waals surface area (Å²) in [4.78, 5) is 54.5. The zero-order valence-electron chi connectivity index (χ0n) is 64.3. The number of carbonyl (C=O) groups is 4. The molecule has 0 aliphatic carbocycles. The molecule has 6 aliphatic rings. The van der Waals surface area contributed by atoms with Crippen molar-refractivity contribution in [1.29, 1.82) is 0 Å². The first kappa shape index (κ1) is 78.8. The minimum absolute atomic E-state index is 0.0587. The largest absolute Gasteiger partial charge is 0.508 e. The summed E-state index contributed by atoms with van der Waals surface area (Å²) in [7, 11) is 0. The minimum Gasteiger partial charge on any atom is -0.508 e. The summed E-state index contributed by atoms with van der Waals surface area (Å²) in [6, 6.07) is 51.6. The number of fused-ring (bicyclic) bond motifs is 18. The number of hydrogen-bond acceptors (Lipinski definition) is 21. The lowest BCUT2D eigenvalue weighted by Gasteiger charge is -2.36. The van der Waals surface area contributed by atoms with Gasteiger partial charge in [0.25, 0.3) is 0 Å². The lowest BCUT2D eigenvalue weighted by molar-refractivity contribution is 0.0214. The molecule has 10 aromatic carbocycles. The van der Waals surface area contributed by atoms with E-state index in [2.05, 4.69) is 49.4 Å². The van der Waals surface area contributed by atoms with Gasteiger partial charge in [0.1, 0.15) is 80.3 Å². The number of thiocarbonyl (C=S) groups is 3. The van der Waals surface area contributed by atoms with Gasteiger partial charge in [0.15, 0.2) is 32.1 Å². The van der Waals surface area contributed by atoms with Crippen LogP contribution in [0.25, 0.3) is 0 Å². The molecule has 13 N–H and O–H groups in total. The molecule has 0 bridgehead atoms. The summed E-state index contributed by atoms with van der Waals surface area (Å²) in [5.41, 5.74) is 2.55. The van der Waals surface area contributed by atoms with E-state index in [1.807, 2.05) is 32.9 Å². The van der Waals surface area contributed by atoms with Crippen molar-refractivity contribution in [1.82, 2.24) is 21.3 Å². The predicted molar refractivity (Wildman–Crippen MR) is 451 cm³/mol. The Balaban J connectivity index is 0.633. The van der Waals surface area contributed by atoms with Crippen LogP contribution in [0, 0.1) is 0 Å². The van der Waals surface area contributed by atoms with Gasteiger partial charge in [-0.3, -0.25) is 0 Å². The standard InChI is InChI=1S/C90H83N7O18S3/c1-86(2,3)115-85(107)94-36-6-4-5-7-40-108-60-22-11-50(12-23-60)87(33-8-37-91-82(116)95-51-13-24-64-61(41-51)79(104)112-88(64)67-27-16-54(98)44-73(67)109-74-45-55(99)17-28-68(74)88,34-9-38-92-83(117)96-52-14-25-65-62(42-52)80(105)113-89(65)69-29-18-56(100)46-75(69)110-76-47-57(101)19-30-70(76)89)35-10-39-93-84(118)97-53-15-26-66-63(43-53)81(106)114-90(66)71-31-20-58(102)48-77(71)111-78-49-59(103)21-32-72(78)90/h11-32,41-49,98-103H,4-10,33-40H2,1-3H3,(H,94,107)(H2,91,95,116)(H2,92,96,117)(H2,93,97,118). The van der Waals surface area contributed by atoms with E-state index in [-0.39, 0.29) is 85.7 Å². The van der Waals surface area contributed by atoms with E-state index in [1.165, 1.54) is 72.8 Å². The topological polar surface area (TPSA) is 348 Å². The summed E-state index contributed by atoms with van der Waals surface area (Å²) in [5, 5.41) is 86.8. The lowest BCUT2D eigenvalue weighted by atomic mass is 9.70. The number of amides is 1. The molecule has 6 heterocycles. The zero-order chi connectivity index (χ0) is 82.4. The molecule has 16 rings (SSSR count). The summed E-state index contributed by atoms with van der Waals surface area (Å²) in [5.74, 6) is 0.113. The van der Waals surface area contributed by atoms with Gasteiger partial charge in [0, 0.05) is 130 Å². The van der Waals surface area contributed by atoms with Crippen LogP contribution in [0.5, 0.6) is 74.7 Å². The number of nitrogens with one attached hydrogen (secondary N) is 7. The monoisotopic (exact) mass is 1650 g/mol. The first-order valence-corrected chi connectivity index (χ1v) is 40.0. The average molecular weight is 1650 g/mol. The molecule has 0 radical (unpaired) electrons. The van der Waals surface area contributed by atoms with Gasteiger partial charge < -0.3 is 106 Å². The number of phenols is 6. The first-order valence-electron chi connectivity index (χ1n) is 38.8. The van der Waals surface area contributed by atoms with Crippen LogP contribution in [0.2, 0.25) is 0 Å². The smallest absolute Gasteiger partial charge is 0.407 e. The van der Waals surface area contributed by atoms with Gasteiger partial charge in [-0.05, 0) is 241 Å². The number of phenolic OH excluding ortho intramolecular Hbond substituents is 6. The number of ether oxygens (including phenoxy) is 8. The Hall–Kier alpha value is -13.1. The van der Waals surface area contributed by atoms with Gasteiger partial charge in [0.05, 0.1) is 23.3 Å². The molecule has 604 valence electrons. The highest BCUT2D eigenvalue weighted by atomic mass is 32.1. The Labute approximate surface area is 694 Å². The average Bonchev–Trinajstić information content (AvgIpc) is 1.50. The molecule has 28 heteroatoms. The number of alkyl carbamates (subject to hydrolysis) is 1. The Bertz CT molecular complexity index is 5100. The number of esters is 3. The van der Waals surface area contributed by atoms with Crippen LogP contribution in [0.4, 0.5) is 21.9 Å². The summed E-state index contributed by atoms with van der Waals surface area (Å²) in [6.07, 6.45) is 6.74. The van der Waals surface area contributed by atoms with Gasteiger partial charge in [-0.2, -0.15) is 0 Å². The highest BCUT2D eigenvalue weighted by Crippen LogP contribution is 2.61. The molecule has 0 fully saturated rings. The summed E-state index contributed by atoms with van der Waals surface area (Å²) in [6.45, 7) is 7.76. The second-order valence-electron chi connectivity index (χ2n) is 30.8. The maximum Gasteiger partial charge on any atom is 0.407 e. The molecule has 0 unspecified atom stereocenters. The zero-order valence-corrected chi connectivity index (χ0v) is 66.8. The third-order valence-electron chi connectivity index (χ3n) is 21.9. The van der Waals surface area contributed by atoms with Crippen LogP contribution < -0.4 is 56.2 Å². The number of anilines is 3. The maximum absolute atomic E-state index is 14.1. The van der Waals surface area contributed by atoms with Crippen molar-refractivity contribution in [2.24, 2.45) is 0 Å². The number of unbranched alkanes of at least 4 members (excludes halogenated alkanes) is 3. The van der Waals surface area contributed by atoms with Gasteiger partial charge in [-0.15, -0.1) is 0 Å². The number of carbonyl (C=O) groups excluding carboxylic acids is 4. The van der Waals surface area contributed by atoms with E-state index in [4.69, 9.17) is 74.5 Å². The van der Waals surface area contributed by atoms with Crippen molar-refractivity contribution in [2.45, 2.75) is 113 Å². The molecule has 0 aromatic heterocycles. The maximum atomic E-state index is 14.1. The van der Waals surface area contributed by atoms with Crippen LogP contribution in [-0.4, -0.2) is 108 Å². The molecule has 0 atom stereocenters. The number of hydrogen-bond donors (Lipinski definition) is 13. The lowest BCUT2D eigenvalue weighted by Crippen LogP contribution is -2.35. The van der Waals surface area contributed by atoms with Crippen LogP contribution in [0.1, 0.15) is 172 Å². The summed E-state index contributed by atoms with van der Waals surface area (Å²) < 4.78 is 49.2. The molecule has 1 amide bonds. The van der Waals surface area contributed by atoms with Gasteiger partial charge in [-0.1, -0.05) is 43.2 Å². The van der Waals surface area contributed by atoms with Crippen LogP contribution in [0.15, 0.2) is 188 Å². The highest BCUT2D eigenvalue weighted by molar-refractivity contribution is 7.80. The Morgan fingerprint density at radius 3 is 0.975 bits per heavy atom. The van der Waals surface area contributed by atoms with E-state index in [9.17, 15) is 49.8 Å². The molecule has 0 saturated carbocycles. The minimum atomic E-state index is -1.46. The van der Waals surface area contributed by atoms with E-state index in [0.29, 0.717) is 160 Å². The van der Waals surface area contributed by atoms with Crippen LogP contribution >= 0.6 is 36.7 Å². The summed E-state index contributed by atoms with van der Waals surface area (Å²) >= 11 is 17.9. The van der Waals surface area contributed by atoms with Crippen molar-refractivity contribution < 1.29 is 87.7 Å². The number of aromatic hydroxyl groups is 6. The quantitative estimate of drug-likeness (QED) is 0.0116. The first-order chi connectivity index (χ1) is 56.8. The fourth-order valence-electron chi connectivity index (χ4n) is 16.7. The molecule has 10 aromatic rings.